The highest BCUT2D eigenvalue weighted by atomic mass is 31.3. The number of amides is 1. The summed E-state index contributed by atoms with van der Waals surface area (Å²) in [7, 11) is -10.1. The molecule has 0 aromatic carbocycles. The minimum absolute atomic E-state index is 0.390. The van der Waals surface area contributed by atoms with Crippen molar-refractivity contribution < 1.29 is 72.7 Å². The quantitative estimate of drug-likeness (QED) is 0.0585. The molecule has 17 nitrogen and oxygen atoms in total. The average Bonchev–Trinajstić information content (AvgIpc) is 3.06. The van der Waals surface area contributed by atoms with Crippen molar-refractivity contribution in [3.05, 3.63) is 46.6 Å². The van der Waals surface area contributed by atoms with Gasteiger partial charge in [-0.05, 0) is 73.1 Å². The lowest BCUT2D eigenvalue weighted by atomic mass is 9.90. The summed E-state index contributed by atoms with van der Waals surface area (Å²) in [5, 5.41) is 67.2. The van der Waals surface area contributed by atoms with Gasteiger partial charge < -0.3 is 60.5 Å². The van der Waals surface area contributed by atoms with E-state index in [1.165, 1.54) is 16.7 Å². The van der Waals surface area contributed by atoms with Crippen molar-refractivity contribution in [1.29, 1.82) is 0 Å². The standard InChI is InChI=1S/C35H62N2O15P2/c1-21(2)10-7-11-22(3)12-8-13-23(4)14-9-15-24(5)16-17-49-54(47,48)52-53(45,46)20-27-30(41)33(44)34(26(18-38)37-27)51-35-29(36-25(6)40)32(43)31(42)28(19-39)50-35/h10,12,14,16,26-35,37-39,41-44H,7-9,11,13,15,17-20H2,1-6H3,(H,36,40)(H,45,46)(H,47,48)/b22-12+,23-14-,24-16+/t26-,27-,28-,29-,30-,31-,32-,33-,34-,35+/m1/s1. The number of allylic oxidation sites excluding steroid dienone is 7. The summed E-state index contributed by atoms with van der Waals surface area (Å²) >= 11 is 0. The number of phosphoric ester groups is 1. The number of aliphatic hydroxyl groups excluding tert-OH is 6. The van der Waals surface area contributed by atoms with Crippen molar-refractivity contribution in [3.8, 4) is 0 Å². The molecule has 0 saturated carbocycles. The largest absolute Gasteiger partial charge is 0.479 e. The Kier molecular flexibility index (Phi) is 20.6. The number of rotatable bonds is 21. The van der Waals surface area contributed by atoms with Crippen LogP contribution >= 0.6 is 15.4 Å². The lowest BCUT2D eigenvalue weighted by Gasteiger charge is -2.47. The molecule has 0 spiro atoms. The van der Waals surface area contributed by atoms with E-state index in [9.17, 15) is 54.4 Å². The zero-order valence-corrected chi connectivity index (χ0v) is 33.8. The van der Waals surface area contributed by atoms with Gasteiger partial charge in [-0.25, -0.2) is 8.88 Å². The van der Waals surface area contributed by atoms with Crippen LogP contribution in [0.4, 0.5) is 0 Å². The summed E-state index contributed by atoms with van der Waals surface area (Å²) in [6.07, 6.45) is 1.03. The van der Waals surface area contributed by atoms with Crippen LogP contribution in [0.1, 0.15) is 80.1 Å². The van der Waals surface area contributed by atoms with Gasteiger partial charge in [0.15, 0.2) is 6.29 Å². The Bertz CT molecular complexity index is 1420. The van der Waals surface area contributed by atoms with Gasteiger partial charge in [-0.3, -0.25) is 13.9 Å². The molecule has 2 unspecified atom stereocenters. The van der Waals surface area contributed by atoms with Crippen LogP contribution in [-0.2, 0) is 32.2 Å². The average molecular weight is 813 g/mol. The summed E-state index contributed by atoms with van der Waals surface area (Å²) < 4.78 is 46.3. The van der Waals surface area contributed by atoms with Crippen LogP contribution < -0.4 is 10.6 Å². The van der Waals surface area contributed by atoms with Crippen LogP contribution in [0.2, 0.25) is 0 Å². The molecule has 54 heavy (non-hydrogen) atoms. The second kappa shape index (κ2) is 22.9. The zero-order valence-electron chi connectivity index (χ0n) is 32.0. The minimum atomic E-state index is -5.08. The van der Waals surface area contributed by atoms with E-state index >= 15 is 0 Å². The van der Waals surface area contributed by atoms with E-state index in [-0.39, 0.29) is 6.61 Å². The van der Waals surface area contributed by atoms with E-state index in [2.05, 4.69) is 60.9 Å². The third kappa shape index (κ3) is 16.5. The number of carbonyl (C=O) groups is 1. The van der Waals surface area contributed by atoms with Gasteiger partial charge in [0.25, 0.3) is 0 Å². The molecular weight excluding hydrogens is 750 g/mol. The highest BCUT2D eigenvalue weighted by molar-refractivity contribution is 7.64. The van der Waals surface area contributed by atoms with Gasteiger partial charge >= 0.3 is 15.4 Å². The van der Waals surface area contributed by atoms with Crippen molar-refractivity contribution in [2.75, 3.05) is 26.0 Å². The first kappa shape index (κ1) is 48.5. The molecule has 0 aliphatic carbocycles. The highest BCUT2D eigenvalue weighted by Crippen LogP contribution is 2.60. The van der Waals surface area contributed by atoms with Gasteiger partial charge in [0.2, 0.25) is 5.91 Å². The van der Waals surface area contributed by atoms with Crippen molar-refractivity contribution in [2.45, 2.75) is 141 Å². The van der Waals surface area contributed by atoms with E-state index < -0.39 is 102 Å². The first-order valence-electron chi connectivity index (χ1n) is 18.1. The Balaban J connectivity index is 1.92. The second-order valence-corrected chi connectivity index (χ2v) is 17.8. The normalized spacial score (nSPS) is 32.1. The number of ether oxygens (including phenoxy) is 2. The van der Waals surface area contributed by atoms with Gasteiger partial charge in [0.1, 0.15) is 36.6 Å². The van der Waals surface area contributed by atoms with Crippen molar-refractivity contribution in [2.24, 2.45) is 0 Å². The highest BCUT2D eigenvalue weighted by Gasteiger charge is 2.51. The molecule has 19 heteroatoms. The maximum Gasteiger partial charge on any atom is 0.479 e. The molecule has 2 aliphatic heterocycles. The first-order chi connectivity index (χ1) is 25.2. The lowest BCUT2D eigenvalue weighted by Crippen LogP contribution is -2.70. The molecule has 2 aliphatic rings. The Labute approximate surface area is 317 Å². The summed E-state index contributed by atoms with van der Waals surface area (Å²) in [6.45, 7) is 9.43. The van der Waals surface area contributed by atoms with Crippen molar-refractivity contribution in [3.63, 3.8) is 0 Å². The molecule has 312 valence electrons. The van der Waals surface area contributed by atoms with Gasteiger partial charge in [-0.15, -0.1) is 0 Å². The summed E-state index contributed by atoms with van der Waals surface area (Å²) in [6, 6.07) is -4.14. The molecule has 0 bridgehead atoms. The molecule has 0 radical (unpaired) electrons. The number of piperidine rings is 1. The minimum Gasteiger partial charge on any atom is -0.395 e. The van der Waals surface area contributed by atoms with Crippen LogP contribution in [-0.4, -0.2) is 133 Å². The lowest BCUT2D eigenvalue weighted by molar-refractivity contribution is -0.299. The predicted octanol–water partition coefficient (Wildman–Crippen LogP) is 1.83. The number of carbonyl (C=O) groups excluding carboxylic acids is 1. The SMILES string of the molecule is CC(=O)N[C@H]1[C@H](O[C@H]2[C@H](O)[C@H](O)[C@@H](CP(=O)(O)OP(=O)(O)OC/C=C(\C)CC/C=C(/C)CC/C=C(\C)CCC=C(C)C)N[C@@H]2CO)O[C@H](CO)[C@@H](O)[C@@H]1O. The third-order valence-electron chi connectivity index (χ3n) is 9.14. The van der Waals surface area contributed by atoms with Crippen LogP contribution in [0.25, 0.3) is 0 Å². The van der Waals surface area contributed by atoms with Crippen molar-refractivity contribution in [1.82, 2.24) is 10.6 Å². The summed E-state index contributed by atoms with van der Waals surface area (Å²) in [4.78, 5) is 32.4. The molecule has 2 rings (SSSR count). The molecular formula is C35H62N2O15P2. The Morgan fingerprint density at radius 2 is 1.31 bits per heavy atom. The Hall–Kier alpha value is -1.63. The number of hydrogen-bond acceptors (Lipinski definition) is 14. The number of nitrogens with one attached hydrogen (secondary N) is 2. The molecule has 1 amide bonds. The summed E-state index contributed by atoms with van der Waals surface area (Å²) in [5.41, 5.74) is 4.80. The van der Waals surface area contributed by atoms with E-state index in [1.807, 2.05) is 6.92 Å². The maximum atomic E-state index is 12.9. The monoisotopic (exact) mass is 812 g/mol. The van der Waals surface area contributed by atoms with Gasteiger partial charge in [0, 0.05) is 13.0 Å². The van der Waals surface area contributed by atoms with Crippen LogP contribution in [0.3, 0.4) is 0 Å². The topological polar surface area (TPSA) is 274 Å². The Morgan fingerprint density at radius 1 is 0.759 bits per heavy atom. The van der Waals surface area contributed by atoms with E-state index in [0.29, 0.717) is 6.42 Å². The molecule has 2 heterocycles. The maximum absolute atomic E-state index is 12.9. The number of phosphoric acid groups is 1. The van der Waals surface area contributed by atoms with Gasteiger partial charge in [-0.2, -0.15) is 0 Å². The number of hydrogen-bond donors (Lipinski definition) is 10. The van der Waals surface area contributed by atoms with E-state index in [0.717, 1.165) is 44.6 Å². The first-order valence-corrected chi connectivity index (χ1v) is 21.3. The van der Waals surface area contributed by atoms with E-state index in [4.69, 9.17) is 14.0 Å². The molecule has 0 aromatic rings. The number of aliphatic hydroxyl groups is 6. The fourth-order valence-electron chi connectivity index (χ4n) is 6.10. The smallest absolute Gasteiger partial charge is 0.395 e. The van der Waals surface area contributed by atoms with Crippen LogP contribution in [0.15, 0.2) is 46.6 Å². The van der Waals surface area contributed by atoms with Crippen LogP contribution in [0, 0.1) is 0 Å². The van der Waals surface area contributed by atoms with Gasteiger partial charge in [0.05, 0.1) is 38.1 Å². The molecule has 2 fully saturated rings. The fraction of sp³-hybridized carbons (Fsp3) is 0.743. The molecule has 10 N–H and O–H groups in total. The zero-order chi connectivity index (χ0) is 40.8. The third-order valence-corrected chi connectivity index (χ3v) is 12.3. The van der Waals surface area contributed by atoms with Gasteiger partial charge in [-0.1, -0.05) is 46.6 Å². The molecule has 12 atom stereocenters. The Morgan fingerprint density at radius 3 is 1.83 bits per heavy atom. The second-order valence-electron chi connectivity index (χ2n) is 14.3. The van der Waals surface area contributed by atoms with Crippen molar-refractivity contribution >= 4 is 21.3 Å². The predicted molar refractivity (Wildman–Crippen MR) is 200 cm³/mol. The fourth-order valence-corrected chi connectivity index (χ4v) is 8.93. The molecule has 2 saturated heterocycles. The summed E-state index contributed by atoms with van der Waals surface area (Å²) in [5.74, 6) is -0.643. The van der Waals surface area contributed by atoms with E-state index in [1.54, 1.807) is 6.08 Å². The molecule has 0 aromatic heterocycles. The van der Waals surface area contributed by atoms with Crippen LogP contribution in [0.5, 0.6) is 0 Å².